The van der Waals surface area contributed by atoms with Crippen LogP contribution in [-0.4, -0.2) is 42.8 Å². The first-order valence-corrected chi connectivity index (χ1v) is 9.66. The van der Waals surface area contributed by atoms with Gasteiger partial charge in [0, 0.05) is 36.9 Å². The zero-order valence-electron chi connectivity index (χ0n) is 15.2. The second-order valence-electron chi connectivity index (χ2n) is 6.26. The van der Waals surface area contributed by atoms with Gasteiger partial charge in [0.05, 0.1) is 12.3 Å². The zero-order valence-corrected chi connectivity index (χ0v) is 16.7. The van der Waals surface area contributed by atoms with Gasteiger partial charge in [-0.15, -0.1) is 0 Å². The number of anilines is 2. The summed E-state index contributed by atoms with van der Waals surface area (Å²) in [7, 11) is 0. The highest BCUT2D eigenvalue weighted by Crippen LogP contribution is 2.26. The van der Waals surface area contributed by atoms with Gasteiger partial charge in [-0.2, -0.15) is 0 Å². The molecule has 1 N–H and O–H groups in total. The highest BCUT2D eigenvalue weighted by Gasteiger charge is 2.21. The molecule has 0 atom stereocenters. The minimum Gasteiger partial charge on any atom is -0.492 e. The lowest BCUT2D eigenvalue weighted by Gasteiger charge is -2.38. The van der Waals surface area contributed by atoms with E-state index in [0.29, 0.717) is 6.61 Å². The van der Waals surface area contributed by atoms with Gasteiger partial charge in [-0.05, 0) is 55.9 Å². The van der Waals surface area contributed by atoms with Crippen LogP contribution in [0.4, 0.5) is 11.4 Å². The number of nitrogens with one attached hydrogen (secondary N) is 1. The highest BCUT2D eigenvalue weighted by atomic mass is 35.5. The smallest absolute Gasteiger partial charge is 0.173 e. The number of ether oxygens (including phenoxy) is 1. The van der Waals surface area contributed by atoms with E-state index >= 15 is 0 Å². The number of halogens is 1. The first-order valence-electron chi connectivity index (χ1n) is 8.87. The quantitative estimate of drug-likeness (QED) is 0.773. The fraction of sp³-hybridized carbons (Fsp3) is 0.350. The van der Waals surface area contributed by atoms with Gasteiger partial charge < -0.3 is 19.9 Å². The Hall–Kier alpha value is -1.98. The van der Waals surface area contributed by atoms with Gasteiger partial charge >= 0.3 is 0 Å². The van der Waals surface area contributed by atoms with E-state index in [9.17, 15) is 0 Å². The standard InChI is InChI=1S/C20H24ClN3OS/c1-3-25-19-7-5-4-6-17(19)22-20(26)24-12-10-23(11-13-24)18-14-16(21)9-8-15(18)2/h4-9,14H,3,10-13H2,1-2H3,(H,22,26). The number of nitrogens with zero attached hydrogens (tertiary/aromatic N) is 2. The second kappa shape index (κ2) is 8.60. The lowest BCUT2D eigenvalue weighted by molar-refractivity contribution is 0.341. The van der Waals surface area contributed by atoms with Crippen LogP contribution in [0.1, 0.15) is 12.5 Å². The molecule has 0 saturated carbocycles. The molecular weight excluding hydrogens is 366 g/mol. The molecule has 3 rings (SSSR count). The summed E-state index contributed by atoms with van der Waals surface area (Å²) < 4.78 is 5.66. The molecule has 0 aromatic heterocycles. The number of thiocarbonyl (C=S) groups is 1. The van der Waals surface area contributed by atoms with Crippen LogP contribution in [0.3, 0.4) is 0 Å². The first kappa shape index (κ1) is 18.8. The summed E-state index contributed by atoms with van der Waals surface area (Å²) >= 11 is 11.8. The summed E-state index contributed by atoms with van der Waals surface area (Å²) in [6, 6.07) is 13.9. The van der Waals surface area contributed by atoms with E-state index in [1.54, 1.807) is 0 Å². The molecule has 0 bridgehead atoms. The number of piperazine rings is 1. The molecule has 138 valence electrons. The van der Waals surface area contributed by atoms with Crippen molar-refractivity contribution in [3.05, 3.63) is 53.1 Å². The summed E-state index contributed by atoms with van der Waals surface area (Å²) in [6.07, 6.45) is 0. The number of para-hydroxylation sites is 2. The molecule has 1 heterocycles. The normalized spacial score (nSPS) is 14.3. The highest BCUT2D eigenvalue weighted by molar-refractivity contribution is 7.80. The van der Waals surface area contributed by atoms with Crippen LogP contribution in [0, 0.1) is 6.92 Å². The van der Waals surface area contributed by atoms with Crippen molar-refractivity contribution in [1.29, 1.82) is 0 Å². The lowest BCUT2D eigenvalue weighted by Crippen LogP contribution is -2.50. The van der Waals surface area contributed by atoms with Crippen LogP contribution in [0.2, 0.25) is 5.02 Å². The minimum atomic E-state index is 0.628. The SMILES string of the molecule is CCOc1ccccc1NC(=S)N1CCN(c2cc(Cl)ccc2C)CC1. The molecule has 0 radical (unpaired) electrons. The summed E-state index contributed by atoms with van der Waals surface area (Å²) in [5.74, 6) is 0.825. The fourth-order valence-electron chi connectivity index (χ4n) is 3.12. The molecular formula is C20H24ClN3OS. The molecule has 1 aliphatic rings. The molecule has 6 heteroatoms. The van der Waals surface area contributed by atoms with Gasteiger partial charge in [0.15, 0.2) is 5.11 Å². The minimum absolute atomic E-state index is 0.628. The van der Waals surface area contributed by atoms with Crippen molar-refractivity contribution in [2.45, 2.75) is 13.8 Å². The molecule has 2 aromatic carbocycles. The number of benzene rings is 2. The summed E-state index contributed by atoms with van der Waals surface area (Å²) in [5, 5.41) is 4.84. The maximum Gasteiger partial charge on any atom is 0.173 e. The van der Waals surface area contributed by atoms with Crippen molar-refractivity contribution in [1.82, 2.24) is 4.90 Å². The van der Waals surface area contributed by atoms with Crippen LogP contribution >= 0.6 is 23.8 Å². The van der Waals surface area contributed by atoms with Gasteiger partial charge in [-0.25, -0.2) is 0 Å². The molecule has 1 saturated heterocycles. The Labute approximate surface area is 165 Å². The predicted molar refractivity (Wildman–Crippen MR) is 114 cm³/mol. The Morgan fingerprint density at radius 2 is 1.88 bits per heavy atom. The predicted octanol–water partition coefficient (Wildman–Crippen LogP) is 4.57. The van der Waals surface area contributed by atoms with E-state index < -0.39 is 0 Å². The Morgan fingerprint density at radius 3 is 2.62 bits per heavy atom. The molecule has 1 fully saturated rings. The number of hydrogen-bond acceptors (Lipinski definition) is 3. The summed E-state index contributed by atoms with van der Waals surface area (Å²) in [6.45, 7) is 8.29. The van der Waals surface area contributed by atoms with Crippen LogP contribution in [-0.2, 0) is 0 Å². The van der Waals surface area contributed by atoms with Crippen LogP contribution < -0.4 is 15.0 Å². The Morgan fingerprint density at radius 1 is 1.15 bits per heavy atom. The van der Waals surface area contributed by atoms with Crippen molar-refractivity contribution in [2.75, 3.05) is 43.0 Å². The van der Waals surface area contributed by atoms with E-state index in [1.165, 1.54) is 11.3 Å². The van der Waals surface area contributed by atoms with Gasteiger partial charge in [-0.1, -0.05) is 29.8 Å². The van der Waals surface area contributed by atoms with E-state index in [4.69, 9.17) is 28.6 Å². The van der Waals surface area contributed by atoms with Gasteiger partial charge in [0.2, 0.25) is 0 Å². The largest absolute Gasteiger partial charge is 0.492 e. The Bertz CT molecular complexity index is 775. The lowest BCUT2D eigenvalue weighted by atomic mass is 10.1. The molecule has 1 aliphatic heterocycles. The maximum absolute atomic E-state index is 6.17. The maximum atomic E-state index is 6.17. The van der Waals surface area contributed by atoms with E-state index in [-0.39, 0.29) is 0 Å². The summed E-state index contributed by atoms with van der Waals surface area (Å²) in [5.41, 5.74) is 3.36. The fourth-order valence-corrected chi connectivity index (χ4v) is 3.58. The van der Waals surface area contributed by atoms with Crippen molar-refractivity contribution >= 4 is 40.3 Å². The number of aryl methyl sites for hydroxylation is 1. The number of hydrogen-bond donors (Lipinski definition) is 1. The van der Waals surface area contributed by atoms with Crippen molar-refractivity contribution in [3.63, 3.8) is 0 Å². The molecule has 0 aliphatic carbocycles. The van der Waals surface area contributed by atoms with Crippen LogP contribution in [0.15, 0.2) is 42.5 Å². The van der Waals surface area contributed by atoms with E-state index in [1.807, 2.05) is 43.3 Å². The Balaban J connectivity index is 1.61. The van der Waals surface area contributed by atoms with Crippen molar-refractivity contribution in [3.8, 4) is 5.75 Å². The topological polar surface area (TPSA) is 27.7 Å². The third kappa shape index (κ3) is 4.40. The van der Waals surface area contributed by atoms with Crippen LogP contribution in [0.5, 0.6) is 5.75 Å². The molecule has 0 unspecified atom stereocenters. The molecule has 2 aromatic rings. The second-order valence-corrected chi connectivity index (χ2v) is 7.09. The van der Waals surface area contributed by atoms with Gasteiger partial charge in [0.25, 0.3) is 0 Å². The van der Waals surface area contributed by atoms with Crippen molar-refractivity contribution < 1.29 is 4.74 Å². The Kier molecular flexibility index (Phi) is 6.22. The monoisotopic (exact) mass is 389 g/mol. The van der Waals surface area contributed by atoms with Gasteiger partial charge in [-0.3, -0.25) is 0 Å². The van der Waals surface area contributed by atoms with Crippen LogP contribution in [0.25, 0.3) is 0 Å². The summed E-state index contributed by atoms with van der Waals surface area (Å²) in [4.78, 5) is 4.57. The van der Waals surface area contributed by atoms with E-state index in [0.717, 1.165) is 47.8 Å². The average molecular weight is 390 g/mol. The third-order valence-corrected chi connectivity index (χ3v) is 5.10. The molecule has 0 spiro atoms. The third-order valence-electron chi connectivity index (χ3n) is 4.51. The van der Waals surface area contributed by atoms with E-state index in [2.05, 4.69) is 28.1 Å². The van der Waals surface area contributed by atoms with Gasteiger partial charge in [0.1, 0.15) is 5.75 Å². The molecule has 0 amide bonds. The van der Waals surface area contributed by atoms with Crippen molar-refractivity contribution in [2.24, 2.45) is 0 Å². The molecule has 26 heavy (non-hydrogen) atoms. The molecule has 4 nitrogen and oxygen atoms in total. The zero-order chi connectivity index (χ0) is 18.5. The first-order chi connectivity index (χ1) is 12.6. The average Bonchev–Trinajstić information content (AvgIpc) is 2.65. The number of rotatable bonds is 4.